The first-order valence-electron chi connectivity index (χ1n) is 4.30. The van der Waals surface area contributed by atoms with E-state index in [4.69, 9.17) is 10.2 Å². The fraction of sp³-hybridized carbons (Fsp3) is 0.667. The molecule has 0 heterocycles. The molecule has 2 N–H and O–H groups in total. The molecule has 0 saturated carbocycles. The minimum Gasteiger partial charge on any atom is -0.481 e. The van der Waals surface area contributed by atoms with Gasteiger partial charge in [-0.1, -0.05) is 19.8 Å². The maximum atomic E-state index is 10.7. The second-order valence-electron chi connectivity index (χ2n) is 3.02. The second kappa shape index (κ2) is 5.56. The molecule has 1 unspecified atom stereocenters. The van der Waals surface area contributed by atoms with Gasteiger partial charge < -0.3 is 10.2 Å². The van der Waals surface area contributed by atoms with E-state index in [0.717, 1.165) is 12.8 Å². The minimum atomic E-state index is -1.12. The topological polar surface area (TPSA) is 74.6 Å². The average Bonchev–Trinajstić information content (AvgIpc) is 2.04. The largest absolute Gasteiger partial charge is 0.481 e. The fourth-order valence-corrected chi connectivity index (χ4v) is 1.08. The average molecular weight is 187 g/mol. The Morgan fingerprint density at radius 1 is 1.31 bits per heavy atom. The first-order chi connectivity index (χ1) is 6.00. The predicted octanol–water partition coefficient (Wildman–Crippen LogP) is 1.56. The van der Waals surface area contributed by atoms with Gasteiger partial charge in [-0.15, -0.1) is 0 Å². The van der Waals surface area contributed by atoms with Crippen molar-refractivity contribution in [2.24, 2.45) is 5.92 Å². The van der Waals surface area contributed by atoms with E-state index >= 15 is 0 Å². The molecule has 4 heteroatoms. The van der Waals surface area contributed by atoms with E-state index in [-0.39, 0.29) is 5.92 Å². The Hall–Kier alpha value is -1.06. The summed E-state index contributed by atoms with van der Waals surface area (Å²) in [6, 6.07) is 0. The Bertz CT molecular complexity index is 188. The molecule has 0 aromatic carbocycles. The van der Waals surface area contributed by atoms with E-state index in [1.54, 1.807) is 0 Å². The molecule has 1 atom stereocenters. The molecule has 0 aliphatic carbocycles. The Kier molecular flexibility index (Phi) is 5.11. The summed E-state index contributed by atoms with van der Waals surface area (Å²) in [6.07, 6.45) is 2.02. The first-order valence-corrected chi connectivity index (χ1v) is 4.30. The van der Waals surface area contributed by atoms with Crippen LogP contribution in [0.25, 0.3) is 0 Å². The van der Waals surface area contributed by atoms with Gasteiger partial charge in [0.2, 0.25) is 0 Å². The van der Waals surface area contributed by atoms with Gasteiger partial charge in [0.05, 0.1) is 11.8 Å². The summed E-state index contributed by atoms with van der Waals surface area (Å²) in [5, 5.41) is 17.3. The molecule has 0 amide bonds. The van der Waals surface area contributed by atoms with Gasteiger partial charge in [0.1, 0.15) is 0 Å². The lowest BCUT2D eigenvalue weighted by Gasteiger charge is -2.14. The quantitative estimate of drug-likeness (QED) is 0.661. The van der Waals surface area contributed by atoms with Gasteiger partial charge in [-0.25, -0.2) is 0 Å². The van der Waals surface area contributed by atoms with Gasteiger partial charge in [0.25, 0.3) is 0 Å². The van der Waals surface area contributed by atoms with Crippen molar-refractivity contribution in [2.45, 2.75) is 33.1 Å². The van der Waals surface area contributed by atoms with Crippen molar-refractivity contribution in [3.05, 3.63) is 5.92 Å². The van der Waals surface area contributed by atoms with Crippen LogP contribution in [0.15, 0.2) is 0 Å². The third-order valence-electron chi connectivity index (χ3n) is 2.00. The standard InChI is InChI=1S/C9H15O4/c1-3-4-5-7(9(12)13)6(2)8(10)11/h7H,3-5H2,1-2H3,(H,10,11)(H,12,13). The van der Waals surface area contributed by atoms with E-state index in [2.05, 4.69) is 0 Å². The van der Waals surface area contributed by atoms with Crippen molar-refractivity contribution < 1.29 is 19.8 Å². The molecule has 1 radical (unpaired) electrons. The van der Waals surface area contributed by atoms with Gasteiger partial charge in [-0.3, -0.25) is 9.59 Å². The maximum Gasteiger partial charge on any atom is 0.311 e. The molecule has 0 aromatic rings. The van der Waals surface area contributed by atoms with Crippen LogP contribution in [0.1, 0.15) is 33.1 Å². The third-order valence-corrected chi connectivity index (χ3v) is 2.00. The molecule has 0 saturated heterocycles. The number of aliphatic carboxylic acids is 2. The Labute approximate surface area is 77.6 Å². The lowest BCUT2D eigenvalue weighted by molar-refractivity contribution is -0.146. The van der Waals surface area contributed by atoms with E-state index < -0.39 is 17.9 Å². The summed E-state index contributed by atoms with van der Waals surface area (Å²) in [6.45, 7) is 3.30. The van der Waals surface area contributed by atoms with E-state index in [9.17, 15) is 9.59 Å². The summed E-state index contributed by atoms with van der Waals surface area (Å²) in [5.41, 5.74) is 0. The Morgan fingerprint density at radius 2 is 1.85 bits per heavy atom. The van der Waals surface area contributed by atoms with Crippen LogP contribution in [-0.2, 0) is 9.59 Å². The fourth-order valence-electron chi connectivity index (χ4n) is 1.08. The van der Waals surface area contributed by atoms with Crippen LogP contribution in [0.3, 0.4) is 0 Å². The molecule has 4 nitrogen and oxygen atoms in total. The number of rotatable bonds is 6. The lowest BCUT2D eigenvalue weighted by Crippen LogP contribution is -2.25. The summed E-state index contributed by atoms with van der Waals surface area (Å²) in [7, 11) is 0. The molecule has 75 valence electrons. The van der Waals surface area contributed by atoms with Crippen molar-refractivity contribution >= 4 is 11.9 Å². The number of unbranched alkanes of at least 4 members (excludes halogenated alkanes) is 1. The molecule has 0 aromatic heterocycles. The van der Waals surface area contributed by atoms with Crippen molar-refractivity contribution in [3.8, 4) is 0 Å². The third kappa shape index (κ3) is 3.92. The van der Waals surface area contributed by atoms with Gasteiger partial charge in [-0.05, 0) is 13.3 Å². The number of carboxylic acid groups (broad SMARTS) is 2. The monoisotopic (exact) mass is 187 g/mol. The van der Waals surface area contributed by atoms with Crippen LogP contribution in [0, 0.1) is 11.8 Å². The van der Waals surface area contributed by atoms with Gasteiger partial charge >= 0.3 is 11.9 Å². The van der Waals surface area contributed by atoms with Crippen LogP contribution >= 0.6 is 0 Å². The highest BCUT2D eigenvalue weighted by molar-refractivity contribution is 5.89. The zero-order chi connectivity index (χ0) is 10.4. The number of carbonyl (C=O) groups is 2. The number of carboxylic acids is 2. The Morgan fingerprint density at radius 3 is 2.15 bits per heavy atom. The molecule has 0 aliphatic heterocycles. The molecule has 13 heavy (non-hydrogen) atoms. The summed E-state index contributed by atoms with van der Waals surface area (Å²) in [5.74, 6) is -2.99. The molecular formula is C9H15O4. The minimum absolute atomic E-state index is 0.0148. The summed E-state index contributed by atoms with van der Waals surface area (Å²) < 4.78 is 0. The predicted molar refractivity (Wildman–Crippen MR) is 47.2 cm³/mol. The number of hydrogen-bond acceptors (Lipinski definition) is 2. The van der Waals surface area contributed by atoms with Crippen LogP contribution in [0.4, 0.5) is 0 Å². The summed E-state index contributed by atoms with van der Waals surface area (Å²) >= 11 is 0. The van der Waals surface area contributed by atoms with E-state index in [1.807, 2.05) is 6.92 Å². The zero-order valence-electron chi connectivity index (χ0n) is 7.91. The SMILES string of the molecule is CCCCC([C](C)C(=O)O)C(=O)O. The van der Waals surface area contributed by atoms with Crippen molar-refractivity contribution in [1.82, 2.24) is 0 Å². The van der Waals surface area contributed by atoms with Crippen molar-refractivity contribution in [2.75, 3.05) is 0 Å². The molecular weight excluding hydrogens is 172 g/mol. The van der Waals surface area contributed by atoms with Crippen LogP contribution < -0.4 is 0 Å². The first kappa shape index (κ1) is 11.9. The van der Waals surface area contributed by atoms with Crippen LogP contribution in [-0.4, -0.2) is 22.2 Å². The van der Waals surface area contributed by atoms with Gasteiger partial charge in [-0.2, -0.15) is 0 Å². The Balaban J connectivity index is 4.24. The highest BCUT2D eigenvalue weighted by atomic mass is 16.4. The second-order valence-corrected chi connectivity index (χ2v) is 3.02. The molecule has 0 bridgehead atoms. The lowest BCUT2D eigenvalue weighted by atomic mass is 9.89. The van der Waals surface area contributed by atoms with Crippen LogP contribution in [0.5, 0.6) is 0 Å². The van der Waals surface area contributed by atoms with Gasteiger partial charge in [0.15, 0.2) is 0 Å². The molecule has 0 rings (SSSR count). The smallest absolute Gasteiger partial charge is 0.311 e. The van der Waals surface area contributed by atoms with Crippen LogP contribution in [0.2, 0.25) is 0 Å². The summed E-state index contributed by atoms with van der Waals surface area (Å²) in [4.78, 5) is 21.2. The maximum absolute atomic E-state index is 10.7. The van der Waals surface area contributed by atoms with Gasteiger partial charge in [0, 0.05) is 0 Å². The van der Waals surface area contributed by atoms with Crippen molar-refractivity contribution in [3.63, 3.8) is 0 Å². The molecule has 0 aliphatic rings. The van der Waals surface area contributed by atoms with Crippen molar-refractivity contribution in [1.29, 1.82) is 0 Å². The number of hydrogen-bond donors (Lipinski definition) is 2. The highest BCUT2D eigenvalue weighted by Crippen LogP contribution is 2.20. The highest BCUT2D eigenvalue weighted by Gasteiger charge is 2.29. The molecule has 0 fully saturated rings. The van der Waals surface area contributed by atoms with E-state index in [0.29, 0.717) is 6.42 Å². The molecule has 0 spiro atoms. The zero-order valence-corrected chi connectivity index (χ0v) is 7.91. The normalized spacial score (nSPS) is 12.8. The van der Waals surface area contributed by atoms with E-state index in [1.165, 1.54) is 6.92 Å².